The molecule has 1 N–H and O–H groups in total. The normalized spacial score (nSPS) is 11.2. The van der Waals surface area contributed by atoms with Crippen LogP contribution in [-0.4, -0.2) is 25.1 Å². The average Bonchev–Trinajstić information content (AvgIpc) is 2.94. The quantitative estimate of drug-likeness (QED) is 0.572. The second-order valence-corrected chi connectivity index (χ2v) is 4.79. The molecular formula is C15H11N5. The number of pyridine rings is 1. The van der Waals surface area contributed by atoms with Crippen LogP contribution in [-0.2, 0) is 0 Å². The summed E-state index contributed by atoms with van der Waals surface area (Å²) in [6, 6.07) is 6.18. The lowest BCUT2D eigenvalue weighted by molar-refractivity contribution is 1.12. The topological polar surface area (TPSA) is 67.3 Å². The molecule has 0 aliphatic heterocycles. The van der Waals surface area contributed by atoms with E-state index in [-0.39, 0.29) is 0 Å². The van der Waals surface area contributed by atoms with Gasteiger partial charge in [0, 0.05) is 28.7 Å². The van der Waals surface area contributed by atoms with E-state index in [9.17, 15) is 0 Å². The molecule has 96 valence electrons. The Labute approximate surface area is 114 Å². The fourth-order valence-corrected chi connectivity index (χ4v) is 2.43. The summed E-state index contributed by atoms with van der Waals surface area (Å²) in [6.07, 6.45) is 6.95. The van der Waals surface area contributed by atoms with Gasteiger partial charge in [0.15, 0.2) is 0 Å². The van der Waals surface area contributed by atoms with Crippen LogP contribution < -0.4 is 0 Å². The molecule has 0 bridgehead atoms. The third-order valence-electron chi connectivity index (χ3n) is 3.37. The van der Waals surface area contributed by atoms with Gasteiger partial charge in [-0.1, -0.05) is 0 Å². The maximum atomic E-state index is 4.53. The maximum absolute atomic E-state index is 4.53. The van der Waals surface area contributed by atoms with E-state index < -0.39 is 0 Å². The standard InChI is InChI=1S/C15H11N5/c1-9-2-11(12-7-19-20-15(12)3-9)14-4-13-10(6-17-14)5-16-8-18-13/h2-8H,1H3,(H,19,20). The Morgan fingerprint density at radius 1 is 1.00 bits per heavy atom. The lowest BCUT2D eigenvalue weighted by Gasteiger charge is -2.05. The first-order valence-electron chi connectivity index (χ1n) is 6.31. The minimum absolute atomic E-state index is 0.892. The van der Waals surface area contributed by atoms with Crippen LogP contribution in [0, 0.1) is 6.92 Å². The summed E-state index contributed by atoms with van der Waals surface area (Å²) in [4.78, 5) is 12.8. The summed E-state index contributed by atoms with van der Waals surface area (Å²) < 4.78 is 0. The molecule has 5 nitrogen and oxygen atoms in total. The van der Waals surface area contributed by atoms with Crippen LogP contribution in [0.25, 0.3) is 33.1 Å². The Balaban J connectivity index is 2.02. The highest BCUT2D eigenvalue weighted by Gasteiger charge is 2.09. The number of hydrogen-bond acceptors (Lipinski definition) is 4. The third-order valence-corrected chi connectivity index (χ3v) is 3.37. The van der Waals surface area contributed by atoms with E-state index in [4.69, 9.17) is 0 Å². The second kappa shape index (κ2) is 4.09. The summed E-state index contributed by atoms with van der Waals surface area (Å²) >= 11 is 0. The van der Waals surface area contributed by atoms with Crippen LogP contribution in [0.15, 0.2) is 43.1 Å². The number of aromatic nitrogens is 5. The van der Waals surface area contributed by atoms with Crippen LogP contribution in [0.4, 0.5) is 0 Å². The van der Waals surface area contributed by atoms with Crippen LogP contribution in [0.1, 0.15) is 5.56 Å². The van der Waals surface area contributed by atoms with Crippen molar-refractivity contribution in [1.82, 2.24) is 25.1 Å². The Bertz CT molecular complexity index is 926. The van der Waals surface area contributed by atoms with Crippen molar-refractivity contribution in [1.29, 1.82) is 0 Å². The van der Waals surface area contributed by atoms with E-state index in [0.29, 0.717) is 0 Å². The Hall–Kier alpha value is -2.82. The van der Waals surface area contributed by atoms with Gasteiger partial charge >= 0.3 is 0 Å². The third kappa shape index (κ3) is 1.64. The minimum Gasteiger partial charge on any atom is -0.278 e. The number of aromatic amines is 1. The smallest absolute Gasteiger partial charge is 0.116 e. The number of hydrogen-bond donors (Lipinski definition) is 1. The van der Waals surface area contributed by atoms with Crippen LogP contribution in [0.2, 0.25) is 0 Å². The molecule has 3 aromatic heterocycles. The first-order valence-corrected chi connectivity index (χ1v) is 6.31. The molecule has 0 saturated carbocycles. The van der Waals surface area contributed by atoms with Gasteiger partial charge in [0.25, 0.3) is 0 Å². The molecular weight excluding hydrogens is 250 g/mol. The molecule has 0 aliphatic rings. The average molecular weight is 261 g/mol. The molecule has 0 radical (unpaired) electrons. The van der Waals surface area contributed by atoms with Gasteiger partial charge in [0.1, 0.15) is 6.33 Å². The summed E-state index contributed by atoms with van der Waals surface area (Å²) in [5.41, 5.74) is 5.04. The molecule has 1 aromatic carbocycles. The van der Waals surface area contributed by atoms with Gasteiger partial charge < -0.3 is 0 Å². The van der Waals surface area contributed by atoms with Gasteiger partial charge in [-0.2, -0.15) is 5.10 Å². The largest absolute Gasteiger partial charge is 0.278 e. The lowest BCUT2D eigenvalue weighted by atomic mass is 10.0. The predicted octanol–water partition coefficient (Wildman–Crippen LogP) is 2.88. The highest BCUT2D eigenvalue weighted by atomic mass is 15.1. The van der Waals surface area contributed by atoms with Gasteiger partial charge in [0.2, 0.25) is 0 Å². The summed E-state index contributed by atoms with van der Waals surface area (Å²) in [5, 5.41) is 9.12. The second-order valence-electron chi connectivity index (χ2n) is 4.79. The molecule has 0 saturated heterocycles. The molecule has 4 aromatic rings. The lowest BCUT2D eigenvalue weighted by Crippen LogP contribution is -1.88. The molecule has 20 heavy (non-hydrogen) atoms. The Kier molecular flexibility index (Phi) is 2.26. The molecule has 0 unspecified atom stereocenters. The van der Waals surface area contributed by atoms with Crippen molar-refractivity contribution in [3.05, 3.63) is 48.7 Å². The van der Waals surface area contributed by atoms with Crippen molar-refractivity contribution in [3.63, 3.8) is 0 Å². The van der Waals surface area contributed by atoms with Gasteiger partial charge in [-0.3, -0.25) is 10.1 Å². The molecule has 0 amide bonds. The SMILES string of the molecule is Cc1cc(-c2cc3ncncc3cn2)c2cn[nH]c2c1. The van der Waals surface area contributed by atoms with Crippen LogP contribution in [0.5, 0.6) is 0 Å². The van der Waals surface area contributed by atoms with Crippen molar-refractivity contribution in [2.45, 2.75) is 6.92 Å². The van der Waals surface area contributed by atoms with Crippen molar-refractivity contribution in [3.8, 4) is 11.3 Å². The minimum atomic E-state index is 0.892. The zero-order valence-electron chi connectivity index (χ0n) is 10.8. The molecule has 3 heterocycles. The number of fused-ring (bicyclic) bond motifs is 2. The van der Waals surface area contributed by atoms with Crippen LogP contribution >= 0.6 is 0 Å². The number of H-pyrrole nitrogens is 1. The number of aryl methyl sites for hydroxylation is 1. The first-order chi connectivity index (χ1) is 9.81. The predicted molar refractivity (Wildman–Crippen MR) is 77.2 cm³/mol. The van der Waals surface area contributed by atoms with E-state index >= 15 is 0 Å². The highest BCUT2D eigenvalue weighted by Crippen LogP contribution is 2.28. The fourth-order valence-electron chi connectivity index (χ4n) is 2.43. The first kappa shape index (κ1) is 11.0. The van der Waals surface area contributed by atoms with E-state index in [0.717, 1.165) is 33.1 Å². The van der Waals surface area contributed by atoms with E-state index in [1.807, 2.05) is 12.3 Å². The van der Waals surface area contributed by atoms with Crippen molar-refractivity contribution in [2.75, 3.05) is 0 Å². The Morgan fingerprint density at radius 2 is 1.95 bits per heavy atom. The number of nitrogens with zero attached hydrogens (tertiary/aromatic N) is 4. The van der Waals surface area contributed by atoms with E-state index in [1.165, 1.54) is 5.56 Å². The van der Waals surface area contributed by atoms with Crippen LogP contribution in [0.3, 0.4) is 0 Å². The monoisotopic (exact) mass is 261 g/mol. The van der Waals surface area contributed by atoms with Gasteiger partial charge in [-0.05, 0) is 30.7 Å². The number of benzene rings is 1. The summed E-state index contributed by atoms with van der Waals surface area (Å²) in [5.74, 6) is 0. The number of rotatable bonds is 1. The van der Waals surface area contributed by atoms with Crippen molar-refractivity contribution in [2.24, 2.45) is 0 Å². The fraction of sp³-hybridized carbons (Fsp3) is 0.0667. The van der Waals surface area contributed by atoms with E-state index in [2.05, 4.69) is 44.2 Å². The summed E-state index contributed by atoms with van der Waals surface area (Å²) in [7, 11) is 0. The van der Waals surface area contributed by atoms with Gasteiger partial charge in [-0.15, -0.1) is 0 Å². The van der Waals surface area contributed by atoms with E-state index in [1.54, 1.807) is 18.7 Å². The summed E-state index contributed by atoms with van der Waals surface area (Å²) in [6.45, 7) is 2.06. The zero-order valence-corrected chi connectivity index (χ0v) is 10.8. The van der Waals surface area contributed by atoms with Gasteiger partial charge in [-0.25, -0.2) is 9.97 Å². The maximum Gasteiger partial charge on any atom is 0.116 e. The van der Waals surface area contributed by atoms with Gasteiger partial charge in [0.05, 0.1) is 22.9 Å². The molecule has 0 fully saturated rings. The molecule has 5 heteroatoms. The van der Waals surface area contributed by atoms with Crippen molar-refractivity contribution >= 4 is 21.8 Å². The Morgan fingerprint density at radius 3 is 2.90 bits per heavy atom. The molecule has 0 spiro atoms. The molecule has 4 rings (SSSR count). The van der Waals surface area contributed by atoms with Crippen molar-refractivity contribution < 1.29 is 0 Å². The molecule has 0 atom stereocenters. The highest BCUT2D eigenvalue weighted by molar-refractivity contribution is 5.95. The number of nitrogens with one attached hydrogen (secondary N) is 1. The zero-order chi connectivity index (χ0) is 13.5. The molecule has 0 aliphatic carbocycles.